The molecule has 0 saturated carbocycles. The maximum absolute atomic E-state index is 11.9. The van der Waals surface area contributed by atoms with Crippen molar-refractivity contribution in [1.82, 2.24) is 4.90 Å². The second-order valence-electron chi connectivity index (χ2n) is 5.12. The van der Waals surface area contributed by atoms with Crippen molar-refractivity contribution in [3.63, 3.8) is 0 Å². The first-order valence-electron chi connectivity index (χ1n) is 6.82. The fourth-order valence-electron chi connectivity index (χ4n) is 2.03. The zero-order chi connectivity index (χ0) is 15.4. The number of amides is 1. The summed E-state index contributed by atoms with van der Waals surface area (Å²) in [5.41, 5.74) is 8.08. The van der Waals surface area contributed by atoms with E-state index < -0.39 is 0 Å². The lowest BCUT2D eigenvalue weighted by molar-refractivity contribution is 0.0827. The number of benzene rings is 2. The first-order chi connectivity index (χ1) is 9.99. The maximum atomic E-state index is 11.9. The van der Waals surface area contributed by atoms with Crippen LogP contribution in [0.3, 0.4) is 0 Å². The van der Waals surface area contributed by atoms with Crippen LogP contribution in [0.1, 0.15) is 28.9 Å². The fourth-order valence-corrected chi connectivity index (χ4v) is 2.03. The van der Waals surface area contributed by atoms with E-state index in [1.807, 2.05) is 37.3 Å². The maximum Gasteiger partial charge on any atom is 0.253 e. The average Bonchev–Trinajstić information content (AvgIpc) is 2.49. The third-order valence-corrected chi connectivity index (χ3v) is 3.24. The van der Waals surface area contributed by atoms with Gasteiger partial charge in [0.2, 0.25) is 0 Å². The molecule has 1 amide bonds. The highest BCUT2D eigenvalue weighted by Crippen LogP contribution is 2.28. The van der Waals surface area contributed by atoms with E-state index in [0.717, 1.165) is 5.56 Å². The van der Waals surface area contributed by atoms with Crippen LogP contribution in [0.25, 0.3) is 0 Å². The molecule has 4 nitrogen and oxygen atoms in total. The number of carbonyl (C=O) groups excluding carboxylic acids is 1. The van der Waals surface area contributed by atoms with Gasteiger partial charge in [-0.25, -0.2) is 0 Å². The lowest BCUT2D eigenvalue weighted by Gasteiger charge is -2.17. The normalized spacial score (nSPS) is 11.8. The number of nitrogens with two attached hydrogens (primary N) is 1. The Labute approximate surface area is 125 Å². The number of nitrogen functional groups attached to an aromatic ring is 1. The highest BCUT2D eigenvalue weighted by Gasteiger charge is 2.13. The molecule has 0 radical (unpaired) electrons. The van der Waals surface area contributed by atoms with Crippen LogP contribution in [0.4, 0.5) is 5.69 Å². The van der Waals surface area contributed by atoms with Crippen molar-refractivity contribution in [2.75, 3.05) is 19.8 Å². The molecule has 4 heteroatoms. The molecule has 0 saturated heterocycles. The summed E-state index contributed by atoms with van der Waals surface area (Å²) in [6.07, 6.45) is -0.107. The van der Waals surface area contributed by atoms with Gasteiger partial charge in [-0.05, 0) is 30.7 Å². The van der Waals surface area contributed by atoms with E-state index in [-0.39, 0.29) is 12.0 Å². The van der Waals surface area contributed by atoms with Crippen molar-refractivity contribution in [1.29, 1.82) is 0 Å². The molecule has 0 aliphatic carbocycles. The van der Waals surface area contributed by atoms with Crippen molar-refractivity contribution in [3.05, 3.63) is 59.7 Å². The highest BCUT2D eigenvalue weighted by molar-refractivity contribution is 5.95. The number of ether oxygens (including phenoxy) is 1. The molecule has 0 aliphatic rings. The Bertz CT molecular complexity index is 624. The van der Waals surface area contributed by atoms with Gasteiger partial charge in [0.25, 0.3) is 5.91 Å². The van der Waals surface area contributed by atoms with Crippen molar-refractivity contribution < 1.29 is 9.53 Å². The third kappa shape index (κ3) is 3.54. The summed E-state index contributed by atoms with van der Waals surface area (Å²) in [6, 6.07) is 15.0. The Kier molecular flexibility index (Phi) is 4.48. The van der Waals surface area contributed by atoms with E-state index >= 15 is 0 Å². The Morgan fingerprint density at radius 3 is 2.38 bits per heavy atom. The molecule has 0 aliphatic heterocycles. The summed E-state index contributed by atoms with van der Waals surface area (Å²) in [7, 11) is 3.42. The minimum Gasteiger partial charge on any atom is -0.484 e. The lowest BCUT2D eigenvalue weighted by atomic mass is 10.1. The smallest absolute Gasteiger partial charge is 0.253 e. The number of rotatable bonds is 4. The van der Waals surface area contributed by atoms with Crippen molar-refractivity contribution >= 4 is 11.6 Å². The molecular formula is C17H20N2O2. The van der Waals surface area contributed by atoms with Crippen LogP contribution in [0, 0.1) is 0 Å². The standard InChI is InChI=1S/C17H20N2O2/c1-12(13-7-5-4-6-8-13)21-16-10-9-14(11-15(16)18)17(20)19(2)3/h4-12H,18H2,1-3H3. The Morgan fingerprint density at radius 1 is 1.14 bits per heavy atom. The van der Waals surface area contributed by atoms with Crippen molar-refractivity contribution in [2.24, 2.45) is 0 Å². The third-order valence-electron chi connectivity index (χ3n) is 3.24. The Morgan fingerprint density at radius 2 is 1.81 bits per heavy atom. The van der Waals surface area contributed by atoms with Crippen LogP contribution >= 0.6 is 0 Å². The van der Waals surface area contributed by atoms with Crippen LogP contribution in [-0.4, -0.2) is 24.9 Å². The van der Waals surface area contributed by atoms with Crippen LogP contribution in [-0.2, 0) is 0 Å². The SMILES string of the molecule is CC(Oc1ccc(C(=O)N(C)C)cc1N)c1ccccc1. The van der Waals surface area contributed by atoms with Crippen LogP contribution in [0.15, 0.2) is 48.5 Å². The van der Waals surface area contributed by atoms with Gasteiger partial charge >= 0.3 is 0 Å². The fraction of sp³-hybridized carbons (Fsp3) is 0.235. The molecule has 2 aromatic carbocycles. The molecular weight excluding hydrogens is 264 g/mol. The van der Waals surface area contributed by atoms with E-state index in [2.05, 4.69) is 0 Å². The second kappa shape index (κ2) is 6.31. The largest absolute Gasteiger partial charge is 0.484 e. The van der Waals surface area contributed by atoms with E-state index in [4.69, 9.17) is 10.5 Å². The molecule has 0 fully saturated rings. The summed E-state index contributed by atoms with van der Waals surface area (Å²) in [4.78, 5) is 13.4. The lowest BCUT2D eigenvalue weighted by Crippen LogP contribution is -2.21. The number of anilines is 1. The molecule has 0 heterocycles. The van der Waals surface area contributed by atoms with Crippen molar-refractivity contribution in [2.45, 2.75) is 13.0 Å². The van der Waals surface area contributed by atoms with Gasteiger partial charge in [-0.15, -0.1) is 0 Å². The minimum absolute atomic E-state index is 0.0793. The molecule has 0 aromatic heterocycles. The molecule has 0 bridgehead atoms. The van der Waals surface area contributed by atoms with E-state index in [9.17, 15) is 4.79 Å². The van der Waals surface area contributed by atoms with Gasteiger partial charge in [-0.3, -0.25) is 4.79 Å². The van der Waals surface area contributed by atoms with E-state index in [1.54, 1.807) is 32.3 Å². The molecule has 2 rings (SSSR count). The van der Waals surface area contributed by atoms with Gasteiger partial charge in [0.15, 0.2) is 0 Å². The molecule has 2 N–H and O–H groups in total. The summed E-state index contributed by atoms with van der Waals surface area (Å²) in [5.74, 6) is 0.506. The van der Waals surface area contributed by atoms with Gasteiger partial charge in [-0.1, -0.05) is 30.3 Å². The molecule has 1 atom stereocenters. The number of hydrogen-bond donors (Lipinski definition) is 1. The minimum atomic E-state index is -0.107. The Balaban J connectivity index is 2.17. The topological polar surface area (TPSA) is 55.6 Å². The summed E-state index contributed by atoms with van der Waals surface area (Å²) in [5, 5.41) is 0. The highest BCUT2D eigenvalue weighted by atomic mass is 16.5. The van der Waals surface area contributed by atoms with Crippen LogP contribution in [0.2, 0.25) is 0 Å². The summed E-state index contributed by atoms with van der Waals surface area (Å²) in [6.45, 7) is 1.97. The van der Waals surface area contributed by atoms with Crippen LogP contribution < -0.4 is 10.5 Å². The van der Waals surface area contributed by atoms with Crippen molar-refractivity contribution in [3.8, 4) is 5.75 Å². The first kappa shape index (κ1) is 14.9. The van der Waals surface area contributed by atoms with E-state index in [0.29, 0.717) is 17.0 Å². The average molecular weight is 284 g/mol. The number of carbonyl (C=O) groups is 1. The number of hydrogen-bond acceptors (Lipinski definition) is 3. The molecule has 21 heavy (non-hydrogen) atoms. The quantitative estimate of drug-likeness (QED) is 0.878. The predicted molar refractivity (Wildman–Crippen MR) is 84.4 cm³/mol. The monoisotopic (exact) mass is 284 g/mol. The van der Waals surface area contributed by atoms with Crippen LogP contribution in [0.5, 0.6) is 5.75 Å². The predicted octanol–water partition coefficient (Wildman–Crippen LogP) is 3.11. The molecule has 110 valence electrons. The second-order valence-corrected chi connectivity index (χ2v) is 5.12. The Hall–Kier alpha value is -2.49. The first-order valence-corrected chi connectivity index (χ1v) is 6.82. The number of nitrogens with zero attached hydrogens (tertiary/aromatic N) is 1. The van der Waals surface area contributed by atoms with Gasteiger partial charge in [-0.2, -0.15) is 0 Å². The zero-order valence-corrected chi connectivity index (χ0v) is 12.5. The van der Waals surface area contributed by atoms with E-state index in [1.165, 1.54) is 4.90 Å². The molecule has 1 unspecified atom stereocenters. The summed E-state index contributed by atoms with van der Waals surface area (Å²) >= 11 is 0. The summed E-state index contributed by atoms with van der Waals surface area (Å²) < 4.78 is 5.88. The zero-order valence-electron chi connectivity index (χ0n) is 12.5. The van der Waals surface area contributed by atoms with Gasteiger partial charge in [0.1, 0.15) is 11.9 Å². The molecule has 2 aromatic rings. The molecule has 0 spiro atoms. The van der Waals surface area contributed by atoms with Gasteiger partial charge < -0.3 is 15.4 Å². The van der Waals surface area contributed by atoms with Gasteiger partial charge in [0.05, 0.1) is 5.69 Å². The van der Waals surface area contributed by atoms with Gasteiger partial charge in [0, 0.05) is 19.7 Å².